The van der Waals surface area contributed by atoms with Gasteiger partial charge in [0.1, 0.15) is 5.82 Å². The van der Waals surface area contributed by atoms with Gasteiger partial charge in [-0.2, -0.15) is 5.10 Å². The van der Waals surface area contributed by atoms with Crippen LogP contribution in [-0.2, 0) is 11.0 Å². The van der Waals surface area contributed by atoms with Crippen molar-refractivity contribution in [3.63, 3.8) is 0 Å². The van der Waals surface area contributed by atoms with Crippen molar-refractivity contribution in [2.24, 2.45) is 0 Å². The minimum atomic E-state index is -1.07. The number of hydrogen-bond donors (Lipinski definition) is 2. The van der Waals surface area contributed by atoms with Gasteiger partial charge in [-0.15, -0.1) is 0 Å². The van der Waals surface area contributed by atoms with E-state index in [0.717, 1.165) is 5.69 Å². The zero-order chi connectivity index (χ0) is 13.4. The summed E-state index contributed by atoms with van der Waals surface area (Å²) in [5.74, 6) is 0.509. The second kappa shape index (κ2) is 4.05. The SMILES string of the molecule is CC(C)(C)c1cc(NC(=O)O)n(C(C)(C)C)n1. The fourth-order valence-electron chi connectivity index (χ4n) is 1.46. The summed E-state index contributed by atoms with van der Waals surface area (Å²) in [6.07, 6.45) is -1.07. The van der Waals surface area contributed by atoms with Gasteiger partial charge in [0, 0.05) is 11.5 Å². The van der Waals surface area contributed by atoms with E-state index in [-0.39, 0.29) is 11.0 Å². The van der Waals surface area contributed by atoms with Crippen LogP contribution in [0.25, 0.3) is 0 Å². The Balaban J connectivity index is 3.27. The van der Waals surface area contributed by atoms with E-state index >= 15 is 0 Å². The number of rotatable bonds is 1. The Bertz CT molecular complexity index is 422. The Kier molecular flexibility index (Phi) is 3.23. The predicted molar refractivity (Wildman–Crippen MR) is 67.6 cm³/mol. The first-order valence-corrected chi connectivity index (χ1v) is 5.63. The number of nitrogens with zero attached hydrogens (tertiary/aromatic N) is 2. The monoisotopic (exact) mass is 239 g/mol. The average Bonchev–Trinajstić information content (AvgIpc) is 2.44. The van der Waals surface area contributed by atoms with Gasteiger partial charge in [-0.1, -0.05) is 20.8 Å². The molecule has 2 N–H and O–H groups in total. The van der Waals surface area contributed by atoms with E-state index in [1.54, 1.807) is 10.7 Å². The molecule has 1 aromatic heterocycles. The summed E-state index contributed by atoms with van der Waals surface area (Å²) in [5.41, 5.74) is 0.503. The van der Waals surface area contributed by atoms with Gasteiger partial charge in [-0.25, -0.2) is 9.48 Å². The minimum absolute atomic E-state index is 0.106. The smallest absolute Gasteiger partial charge is 0.410 e. The molecule has 0 aromatic carbocycles. The highest BCUT2D eigenvalue weighted by Gasteiger charge is 2.25. The third kappa shape index (κ3) is 3.22. The van der Waals surface area contributed by atoms with Crippen LogP contribution in [0.2, 0.25) is 0 Å². The Morgan fingerprint density at radius 1 is 1.29 bits per heavy atom. The lowest BCUT2D eigenvalue weighted by Gasteiger charge is -2.22. The number of anilines is 1. The molecule has 0 atom stereocenters. The molecule has 0 radical (unpaired) electrons. The summed E-state index contributed by atoms with van der Waals surface area (Å²) in [6.45, 7) is 12.1. The molecule has 96 valence electrons. The molecule has 0 bridgehead atoms. The molecule has 0 saturated carbocycles. The third-order valence-electron chi connectivity index (χ3n) is 2.35. The second-order valence-corrected chi connectivity index (χ2v) is 6.18. The molecular weight excluding hydrogens is 218 g/mol. The topological polar surface area (TPSA) is 67.2 Å². The van der Waals surface area contributed by atoms with Crippen LogP contribution < -0.4 is 5.32 Å². The Hall–Kier alpha value is -1.52. The fourth-order valence-corrected chi connectivity index (χ4v) is 1.46. The van der Waals surface area contributed by atoms with Crippen LogP contribution in [-0.4, -0.2) is 21.0 Å². The number of aromatic nitrogens is 2. The molecule has 17 heavy (non-hydrogen) atoms. The van der Waals surface area contributed by atoms with Crippen LogP contribution in [0.3, 0.4) is 0 Å². The van der Waals surface area contributed by atoms with Crippen molar-refractivity contribution in [1.29, 1.82) is 0 Å². The first kappa shape index (κ1) is 13.5. The minimum Gasteiger partial charge on any atom is -0.465 e. The molecule has 0 spiro atoms. The standard InChI is InChI=1S/C12H21N3O2/c1-11(2,3)8-7-9(13-10(16)17)15(14-8)12(4,5)6/h7,13H,1-6H3,(H,16,17). The van der Waals surface area contributed by atoms with Gasteiger partial charge in [0.15, 0.2) is 0 Å². The number of amides is 1. The van der Waals surface area contributed by atoms with Crippen LogP contribution in [0.4, 0.5) is 10.6 Å². The predicted octanol–water partition coefficient (Wildman–Crippen LogP) is 3.03. The molecule has 1 amide bonds. The summed E-state index contributed by atoms with van der Waals surface area (Å²) < 4.78 is 1.71. The second-order valence-electron chi connectivity index (χ2n) is 6.18. The molecule has 0 aliphatic heterocycles. The average molecular weight is 239 g/mol. The highest BCUT2D eigenvalue weighted by molar-refractivity contribution is 5.81. The largest absolute Gasteiger partial charge is 0.465 e. The summed E-state index contributed by atoms with van der Waals surface area (Å²) in [7, 11) is 0. The van der Waals surface area contributed by atoms with E-state index in [4.69, 9.17) is 5.11 Å². The van der Waals surface area contributed by atoms with E-state index in [1.165, 1.54) is 0 Å². The number of carbonyl (C=O) groups is 1. The van der Waals surface area contributed by atoms with Crippen LogP contribution >= 0.6 is 0 Å². The maximum atomic E-state index is 10.8. The molecule has 0 aliphatic carbocycles. The molecule has 1 aromatic rings. The highest BCUT2D eigenvalue weighted by atomic mass is 16.4. The van der Waals surface area contributed by atoms with Gasteiger partial charge in [0.05, 0.1) is 11.2 Å². The van der Waals surface area contributed by atoms with E-state index in [2.05, 4.69) is 10.4 Å². The lowest BCUT2D eigenvalue weighted by molar-refractivity contribution is 0.209. The van der Waals surface area contributed by atoms with Crippen LogP contribution in [0.5, 0.6) is 0 Å². The Morgan fingerprint density at radius 3 is 2.18 bits per heavy atom. The van der Waals surface area contributed by atoms with E-state index < -0.39 is 6.09 Å². The number of nitrogens with one attached hydrogen (secondary N) is 1. The third-order valence-corrected chi connectivity index (χ3v) is 2.35. The fraction of sp³-hybridized carbons (Fsp3) is 0.667. The van der Waals surface area contributed by atoms with Gasteiger partial charge < -0.3 is 5.11 Å². The van der Waals surface area contributed by atoms with Crippen LogP contribution in [0.15, 0.2) is 6.07 Å². The number of hydrogen-bond acceptors (Lipinski definition) is 2. The van der Waals surface area contributed by atoms with Crippen molar-refractivity contribution < 1.29 is 9.90 Å². The number of carboxylic acid groups (broad SMARTS) is 1. The van der Waals surface area contributed by atoms with Crippen LogP contribution in [0.1, 0.15) is 47.2 Å². The van der Waals surface area contributed by atoms with E-state index in [1.807, 2.05) is 41.5 Å². The van der Waals surface area contributed by atoms with Crippen molar-refractivity contribution in [2.75, 3.05) is 5.32 Å². The molecule has 0 saturated heterocycles. The van der Waals surface area contributed by atoms with Crippen molar-refractivity contribution >= 4 is 11.9 Å². The Morgan fingerprint density at radius 2 is 1.82 bits per heavy atom. The Labute approximate surface area is 102 Å². The van der Waals surface area contributed by atoms with Gasteiger partial charge in [0.2, 0.25) is 0 Å². The first-order chi connectivity index (χ1) is 7.51. The maximum absolute atomic E-state index is 10.8. The highest BCUT2D eigenvalue weighted by Crippen LogP contribution is 2.27. The van der Waals surface area contributed by atoms with Gasteiger partial charge >= 0.3 is 6.09 Å². The molecular formula is C12H21N3O2. The van der Waals surface area contributed by atoms with Gasteiger partial charge in [0.25, 0.3) is 0 Å². The van der Waals surface area contributed by atoms with Crippen molar-refractivity contribution in [3.8, 4) is 0 Å². The van der Waals surface area contributed by atoms with Crippen molar-refractivity contribution in [1.82, 2.24) is 9.78 Å². The zero-order valence-corrected chi connectivity index (χ0v) is 11.3. The lowest BCUT2D eigenvalue weighted by Crippen LogP contribution is -2.27. The molecule has 0 fully saturated rings. The van der Waals surface area contributed by atoms with Crippen LogP contribution in [0, 0.1) is 0 Å². The van der Waals surface area contributed by atoms with Gasteiger partial charge in [-0.3, -0.25) is 5.32 Å². The summed E-state index contributed by atoms with van der Waals surface area (Å²) in [6, 6.07) is 1.79. The maximum Gasteiger partial charge on any atom is 0.410 e. The molecule has 1 heterocycles. The molecule has 0 aliphatic rings. The molecule has 0 unspecified atom stereocenters. The van der Waals surface area contributed by atoms with E-state index in [9.17, 15) is 4.79 Å². The molecule has 1 rings (SSSR count). The molecule has 5 nitrogen and oxygen atoms in total. The normalized spacial score (nSPS) is 12.6. The summed E-state index contributed by atoms with van der Waals surface area (Å²) in [5, 5.41) is 15.7. The van der Waals surface area contributed by atoms with Gasteiger partial charge in [-0.05, 0) is 20.8 Å². The van der Waals surface area contributed by atoms with E-state index in [0.29, 0.717) is 5.82 Å². The van der Waals surface area contributed by atoms with Crippen molar-refractivity contribution in [2.45, 2.75) is 52.5 Å². The van der Waals surface area contributed by atoms with Crippen molar-refractivity contribution in [3.05, 3.63) is 11.8 Å². The lowest BCUT2D eigenvalue weighted by atomic mass is 9.92. The first-order valence-electron chi connectivity index (χ1n) is 5.63. The zero-order valence-electron chi connectivity index (χ0n) is 11.3. The quantitative estimate of drug-likeness (QED) is 0.791. The summed E-state index contributed by atoms with van der Waals surface area (Å²) in [4.78, 5) is 10.8. The summed E-state index contributed by atoms with van der Waals surface area (Å²) >= 11 is 0. The molecule has 5 heteroatoms.